The Kier molecular flexibility index (Phi) is 5.96. The van der Waals surface area contributed by atoms with Gasteiger partial charge in [-0.15, -0.1) is 0 Å². The second-order valence-electron chi connectivity index (χ2n) is 7.11. The maximum atomic E-state index is 11.8. The third-order valence-electron chi connectivity index (χ3n) is 5.01. The van der Waals surface area contributed by atoms with E-state index in [2.05, 4.69) is 41.1 Å². The summed E-state index contributed by atoms with van der Waals surface area (Å²) in [4.78, 5) is 18.6. The fraction of sp³-hybridized carbons (Fsp3) is 0.524. The van der Waals surface area contributed by atoms with E-state index >= 15 is 0 Å². The molecule has 1 fully saturated rings. The van der Waals surface area contributed by atoms with E-state index in [1.54, 1.807) is 6.92 Å². The number of aryl methyl sites for hydroxylation is 1. The molecule has 1 aliphatic heterocycles. The number of carbonyl (C=O) groups excluding carboxylic acids is 1. The van der Waals surface area contributed by atoms with Crippen LogP contribution in [0.4, 0.5) is 5.69 Å². The zero-order chi connectivity index (χ0) is 18.5. The SMILES string of the molecule is CCOC(=O)c1nc(Cc2cccc(N3CCCC(C)CC3)c2)c(C)o1. The second kappa shape index (κ2) is 8.39. The van der Waals surface area contributed by atoms with Gasteiger partial charge >= 0.3 is 11.9 Å². The Bertz CT molecular complexity index is 753. The number of oxazole rings is 1. The molecule has 1 aromatic carbocycles. The normalized spacial score (nSPS) is 17.8. The van der Waals surface area contributed by atoms with Gasteiger partial charge in [0.2, 0.25) is 0 Å². The van der Waals surface area contributed by atoms with Crippen LogP contribution in [0.1, 0.15) is 60.8 Å². The minimum atomic E-state index is -0.505. The number of hydrogen-bond acceptors (Lipinski definition) is 5. The van der Waals surface area contributed by atoms with Crippen molar-refractivity contribution in [2.24, 2.45) is 5.92 Å². The molecule has 0 spiro atoms. The number of esters is 1. The summed E-state index contributed by atoms with van der Waals surface area (Å²) >= 11 is 0. The van der Waals surface area contributed by atoms with Crippen molar-refractivity contribution in [1.82, 2.24) is 4.98 Å². The summed E-state index contributed by atoms with van der Waals surface area (Å²) in [5.41, 5.74) is 3.23. The van der Waals surface area contributed by atoms with Crippen molar-refractivity contribution in [3.05, 3.63) is 47.2 Å². The van der Waals surface area contributed by atoms with Crippen molar-refractivity contribution in [2.75, 3.05) is 24.6 Å². The predicted molar refractivity (Wildman–Crippen MR) is 102 cm³/mol. The first-order valence-corrected chi connectivity index (χ1v) is 9.54. The van der Waals surface area contributed by atoms with Crippen LogP contribution in [-0.4, -0.2) is 30.6 Å². The van der Waals surface area contributed by atoms with Gasteiger partial charge in [0, 0.05) is 25.2 Å². The molecule has 26 heavy (non-hydrogen) atoms. The van der Waals surface area contributed by atoms with Gasteiger partial charge in [0.25, 0.3) is 0 Å². The lowest BCUT2D eigenvalue weighted by molar-refractivity contribution is 0.0479. The van der Waals surface area contributed by atoms with Gasteiger partial charge in [0.05, 0.1) is 12.3 Å². The van der Waals surface area contributed by atoms with Crippen molar-refractivity contribution in [3.63, 3.8) is 0 Å². The number of benzene rings is 1. The number of nitrogens with zero attached hydrogens (tertiary/aromatic N) is 2. The standard InChI is InChI=1S/C21H28N2O3/c1-4-25-21(24)20-22-19(16(3)26-20)14-17-8-5-9-18(13-17)23-11-6-7-15(2)10-12-23/h5,8-9,13,15H,4,6-7,10-12,14H2,1-3H3. The highest BCUT2D eigenvalue weighted by Crippen LogP contribution is 2.24. The van der Waals surface area contributed by atoms with Gasteiger partial charge in [0.15, 0.2) is 0 Å². The van der Waals surface area contributed by atoms with Gasteiger partial charge in [-0.3, -0.25) is 0 Å². The molecule has 3 rings (SSSR count). The average molecular weight is 356 g/mol. The molecule has 1 aromatic heterocycles. The topological polar surface area (TPSA) is 55.6 Å². The number of anilines is 1. The molecule has 1 unspecified atom stereocenters. The van der Waals surface area contributed by atoms with E-state index in [1.165, 1.54) is 30.5 Å². The molecule has 1 saturated heterocycles. The molecule has 2 heterocycles. The average Bonchev–Trinajstić information content (AvgIpc) is 2.85. The van der Waals surface area contributed by atoms with Crippen molar-refractivity contribution in [3.8, 4) is 0 Å². The molecule has 1 atom stereocenters. The summed E-state index contributed by atoms with van der Waals surface area (Å²) in [6.45, 7) is 8.49. The number of ether oxygens (including phenoxy) is 1. The van der Waals surface area contributed by atoms with Crippen molar-refractivity contribution < 1.29 is 13.9 Å². The molecule has 0 N–H and O–H groups in total. The van der Waals surface area contributed by atoms with E-state index in [-0.39, 0.29) is 5.89 Å². The molecule has 2 aromatic rings. The van der Waals surface area contributed by atoms with Crippen molar-refractivity contribution in [1.29, 1.82) is 0 Å². The van der Waals surface area contributed by atoms with E-state index in [4.69, 9.17) is 9.15 Å². The van der Waals surface area contributed by atoms with Crippen LogP contribution in [0, 0.1) is 12.8 Å². The van der Waals surface area contributed by atoms with Gasteiger partial charge in [-0.2, -0.15) is 0 Å². The molecule has 0 radical (unpaired) electrons. The summed E-state index contributed by atoms with van der Waals surface area (Å²) in [6.07, 6.45) is 4.45. The Hall–Kier alpha value is -2.30. The summed E-state index contributed by atoms with van der Waals surface area (Å²) in [7, 11) is 0. The number of aromatic nitrogens is 1. The quantitative estimate of drug-likeness (QED) is 0.744. The van der Waals surface area contributed by atoms with E-state index < -0.39 is 5.97 Å². The lowest BCUT2D eigenvalue weighted by atomic mass is 10.0. The van der Waals surface area contributed by atoms with Crippen LogP contribution in [0.2, 0.25) is 0 Å². The van der Waals surface area contributed by atoms with Gasteiger partial charge in [-0.05, 0) is 56.7 Å². The summed E-state index contributed by atoms with van der Waals surface area (Å²) < 4.78 is 10.4. The van der Waals surface area contributed by atoms with Crippen LogP contribution in [0.25, 0.3) is 0 Å². The van der Waals surface area contributed by atoms with Crippen molar-refractivity contribution >= 4 is 11.7 Å². The van der Waals surface area contributed by atoms with Crippen LogP contribution < -0.4 is 4.90 Å². The fourth-order valence-electron chi connectivity index (χ4n) is 3.45. The Morgan fingerprint density at radius 1 is 1.35 bits per heavy atom. The lowest BCUT2D eigenvalue weighted by Crippen LogP contribution is -2.24. The Morgan fingerprint density at radius 2 is 2.19 bits per heavy atom. The predicted octanol–water partition coefficient (Wildman–Crippen LogP) is 4.38. The van der Waals surface area contributed by atoms with E-state index in [0.717, 1.165) is 24.7 Å². The number of hydrogen-bond donors (Lipinski definition) is 0. The summed E-state index contributed by atoms with van der Waals surface area (Å²) in [6, 6.07) is 8.61. The van der Waals surface area contributed by atoms with E-state index in [1.807, 2.05) is 6.92 Å². The minimum Gasteiger partial charge on any atom is -0.459 e. The van der Waals surface area contributed by atoms with E-state index in [9.17, 15) is 4.79 Å². The van der Waals surface area contributed by atoms with Crippen LogP contribution in [0.15, 0.2) is 28.7 Å². The first kappa shape index (κ1) is 18.5. The molecule has 5 heteroatoms. The van der Waals surface area contributed by atoms with Gasteiger partial charge < -0.3 is 14.1 Å². The van der Waals surface area contributed by atoms with Crippen molar-refractivity contribution in [2.45, 2.75) is 46.5 Å². The molecular weight excluding hydrogens is 328 g/mol. The summed E-state index contributed by atoms with van der Waals surface area (Å²) in [5, 5.41) is 0. The number of rotatable bonds is 5. The van der Waals surface area contributed by atoms with Crippen LogP contribution in [-0.2, 0) is 11.2 Å². The highest BCUT2D eigenvalue weighted by Gasteiger charge is 2.18. The highest BCUT2D eigenvalue weighted by molar-refractivity contribution is 5.84. The maximum Gasteiger partial charge on any atom is 0.394 e. The molecule has 0 saturated carbocycles. The zero-order valence-electron chi connectivity index (χ0n) is 16.0. The molecular formula is C21H28N2O3. The Labute approximate surface area is 155 Å². The zero-order valence-corrected chi connectivity index (χ0v) is 16.0. The Balaban J connectivity index is 1.74. The lowest BCUT2D eigenvalue weighted by Gasteiger charge is -2.23. The van der Waals surface area contributed by atoms with Crippen LogP contribution in [0.5, 0.6) is 0 Å². The van der Waals surface area contributed by atoms with E-state index in [0.29, 0.717) is 18.8 Å². The monoisotopic (exact) mass is 356 g/mol. The second-order valence-corrected chi connectivity index (χ2v) is 7.11. The minimum absolute atomic E-state index is 0.0389. The first-order chi connectivity index (χ1) is 12.6. The smallest absolute Gasteiger partial charge is 0.394 e. The van der Waals surface area contributed by atoms with Gasteiger partial charge in [0.1, 0.15) is 5.76 Å². The van der Waals surface area contributed by atoms with Crippen LogP contribution >= 0.6 is 0 Å². The molecule has 5 nitrogen and oxygen atoms in total. The highest BCUT2D eigenvalue weighted by atomic mass is 16.5. The molecule has 0 aliphatic carbocycles. The number of carbonyl (C=O) groups is 1. The summed E-state index contributed by atoms with van der Waals surface area (Å²) in [5.74, 6) is 1.01. The van der Waals surface area contributed by atoms with Gasteiger partial charge in [-0.1, -0.05) is 19.1 Å². The van der Waals surface area contributed by atoms with Crippen LogP contribution in [0.3, 0.4) is 0 Å². The maximum absolute atomic E-state index is 11.8. The third kappa shape index (κ3) is 4.45. The largest absolute Gasteiger partial charge is 0.459 e. The molecule has 0 bridgehead atoms. The fourth-order valence-corrected chi connectivity index (χ4v) is 3.45. The van der Waals surface area contributed by atoms with Gasteiger partial charge in [-0.25, -0.2) is 9.78 Å². The Morgan fingerprint density at radius 3 is 3.00 bits per heavy atom. The third-order valence-corrected chi connectivity index (χ3v) is 5.01. The molecule has 1 aliphatic rings. The molecule has 140 valence electrons. The first-order valence-electron chi connectivity index (χ1n) is 9.54. The molecule has 0 amide bonds.